The van der Waals surface area contributed by atoms with Gasteiger partial charge in [0.2, 0.25) is 0 Å². The molecule has 2 aromatic rings. The number of aromatic nitrogens is 2. The van der Waals surface area contributed by atoms with Crippen LogP contribution < -0.4 is 5.69 Å². The summed E-state index contributed by atoms with van der Waals surface area (Å²) in [7, 11) is 1.43. The van der Waals surface area contributed by atoms with E-state index in [-0.39, 0.29) is 24.8 Å². The van der Waals surface area contributed by atoms with E-state index in [9.17, 15) is 9.59 Å². The second-order valence-electron chi connectivity index (χ2n) is 8.18. The average molecular weight is 435 g/mol. The summed E-state index contributed by atoms with van der Waals surface area (Å²) in [6.45, 7) is 15.6. The molecule has 1 amide bonds. The van der Waals surface area contributed by atoms with Gasteiger partial charge in [-0.25, -0.2) is 9.59 Å². The van der Waals surface area contributed by atoms with Crippen LogP contribution in [0.5, 0.6) is 0 Å². The van der Waals surface area contributed by atoms with E-state index in [1.165, 1.54) is 7.11 Å². The molecule has 7 nitrogen and oxygen atoms in total. The van der Waals surface area contributed by atoms with Gasteiger partial charge in [-0.1, -0.05) is 33.8 Å². The molecule has 1 N–H and O–H groups in total. The largest absolute Gasteiger partial charge is 0.453 e. The van der Waals surface area contributed by atoms with E-state index in [1.807, 2.05) is 44.4 Å². The Morgan fingerprint density at radius 3 is 2.42 bits per heavy atom. The number of fused-ring (bicyclic) bond motifs is 1. The summed E-state index contributed by atoms with van der Waals surface area (Å²) in [6.07, 6.45) is 2.59. The number of nitrogens with one attached hydrogen (secondary N) is 1. The van der Waals surface area contributed by atoms with Crippen LogP contribution in [-0.2, 0) is 4.74 Å². The van der Waals surface area contributed by atoms with Gasteiger partial charge >= 0.3 is 11.8 Å². The van der Waals surface area contributed by atoms with Crippen molar-refractivity contribution in [1.29, 1.82) is 0 Å². The predicted octanol–water partition coefficient (Wildman–Crippen LogP) is 4.80. The molecule has 0 spiro atoms. The quantitative estimate of drug-likeness (QED) is 0.737. The number of carbonyl (C=O) groups is 1. The summed E-state index contributed by atoms with van der Waals surface area (Å²) < 4.78 is 6.81. The highest BCUT2D eigenvalue weighted by molar-refractivity contribution is 5.76. The van der Waals surface area contributed by atoms with Gasteiger partial charge in [0, 0.05) is 39.2 Å². The van der Waals surface area contributed by atoms with Crippen molar-refractivity contribution in [3.63, 3.8) is 0 Å². The fraction of sp³-hybridized carbons (Fsp3) is 0.667. The molecule has 0 saturated carbocycles. The Labute approximate surface area is 187 Å². The third-order valence-electron chi connectivity index (χ3n) is 6.35. The van der Waals surface area contributed by atoms with Crippen molar-refractivity contribution in [3.05, 3.63) is 34.2 Å². The summed E-state index contributed by atoms with van der Waals surface area (Å²) in [6, 6.07) is 6.32. The van der Waals surface area contributed by atoms with Gasteiger partial charge in [0.1, 0.15) is 0 Å². The number of methoxy groups -OCH3 is 1. The summed E-state index contributed by atoms with van der Waals surface area (Å²) in [5.74, 6) is 0. The lowest BCUT2D eigenvalue weighted by molar-refractivity contribution is 0.0662. The Kier molecular flexibility index (Phi) is 8.74. The molecular formula is C24H42N4O3. The standard InChI is InChI=1S/C20H28N4O3.2C2H6.H2/c1-14-4-5-16-17(12-14)24(18(25)21-16)15-6-9-23(10-7-15)20(2)8-11-22(13-20)19(26)27-3;2*1-2;/h4-5,12,15H,6-11,13H2,1-3H3,(H,21,25);2*1-2H3;1H. The van der Waals surface area contributed by atoms with Crippen LogP contribution in [0, 0.1) is 6.92 Å². The summed E-state index contributed by atoms with van der Waals surface area (Å²) in [4.78, 5) is 31.6. The molecule has 0 bridgehead atoms. The fourth-order valence-electron chi connectivity index (χ4n) is 4.75. The number of amides is 1. The zero-order valence-corrected chi connectivity index (χ0v) is 20.3. The van der Waals surface area contributed by atoms with E-state index >= 15 is 0 Å². The molecule has 4 rings (SSSR count). The van der Waals surface area contributed by atoms with Gasteiger partial charge in [-0.05, 0) is 50.8 Å². The number of piperidine rings is 1. The molecule has 7 heteroatoms. The van der Waals surface area contributed by atoms with Crippen LogP contribution in [0.1, 0.15) is 66.9 Å². The monoisotopic (exact) mass is 434 g/mol. The highest BCUT2D eigenvalue weighted by Gasteiger charge is 2.42. The zero-order chi connectivity index (χ0) is 23.2. The highest BCUT2D eigenvalue weighted by Crippen LogP contribution is 2.33. The zero-order valence-electron chi connectivity index (χ0n) is 20.3. The maximum absolute atomic E-state index is 12.5. The minimum atomic E-state index is -0.241. The number of rotatable bonds is 2. The van der Waals surface area contributed by atoms with Crippen LogP contribution in [0.25, 0.3) is 11.0 Å². The van der Waals surface area contributed by atoms with Crippen LogP contribution in [0.15, 0.2) is 23.0 Å². The van der Waals surface area contributed by atoms with Crippen LogP contribution >= 0.6 is 0 Å². The van der Waals surface area contributed by atoms with Gasteiger partial charge in [-0.3, -0.25) is 9.47 Å². The first kappa shape index (κ1) is 25.0. The van der Waals surface area contributed by atoms with Crippen molar-refractivity contribution < 1.29 is 11.0 Å². The maximum atomic E-state index is 12.5. The van der Waals surface area contributed by atoms with Crippen LogP contribution in [0.2, 0.25) is 0 Å². The molecule has 2 aliphatic rings. The van der Waals surface area contributed by atoms with E-state index in [0.717, 1.165) is 55.5 Å². The third kappa shape index (κ3) is 5.14. The van der Waals surface area contributed by atoms with Crippen LogP contribution in [0.4, 0.5) is 4.79 Å². The first-order valence-corrected chi connectivity index (χ1v) is 11.7. The van der Waals surface area contributed by atoms with Crippen molar-refractivity contribution in [2.75, 3.05) is 33.3 Å². The molecular weight excluding hydrogens is 392 g/mol. The number of nitrogens with zero attached hydrogens (tertiary/aromatic N) is 3. The van der Waals surface area contributed by atoms with Crippen molar-refractivity contribution >= 4 is 17.1 Å². The molecule has 2 aliphatic heterocycles. The maximum Gasteiger partial charge on any atom is 0.409 e. The lowest BCUT2D eigenvalue weighted by Crippen LogP contribution is -2.52. The number of hydrogen-bond donors (Lipinski definition) is 1. The highest BCUT2D eigenvalue weighted by atomic mass is 16.5. The third-order valence-corrected chi connectivity index (χ3v) is 6.35. The Morgan fingerprint density at radius 1 is 1.16 bits per heavy atom. The first-order valence-electron chi connectivity index (χ1n) is 11.7. The number of aromatic amines is 1. The molecule has 0 aliphatic carbocycles. The molecule has 1 aromatic heterocycles. The van der Waals surface area contributed by atoms with Gasteiger partial charge in [-0.2, -0.15) is 0 Å². The van der Waals surface area contributed by atoms with Gasteiger partial charge in [0.25, 0.3) is 0 Å². The number of H-pyrrole nitrogens is 1. The second kappa shape index (κ2) is 10.8. The topological polar surface area (TPSA) is 70.6 Å². The number of likely N-dealkylation sites (tertiary alicyclic amines) is 2. The predicted molar refractivity (Wildman–Crippen MR) is 129 cm³/mol. The Bertz CT molecular complexity index is 918. The molecule has 0 radical (unpaired) electrons. The molecule has 1 unspecified atom stereocenters. The lowest BCUT2D eigenvalue weighted by atomic mass is 9.93. The number of hydrogen-bond acceptors (Lipinski definition) is 4. The number of benzene rings is 1. The van der Waals surface area contributed by atoms with Crippen LogP contribution in [-0.4, -0.2) is 64.3 Å². The van der Waals surface area contributed by atoms with E-state index < -0.39 is 0 Å². The van der Waals surface area contributed by atoms with Gasteiger partial charge in [0.15, 0.2) is 0 Å². The van der Waals surface area contributed by atoms with E-state index in [4.69, 9.17) is 4.74 Å². The number of ether oxygens (including phenoxy) is 1. The van der Waals surface area contributed by atoms with Crippen molar-refractivity contribution in [1.82, 2.24) is 19.4 Å². The summed E-state index contributed by atoms with van der Waals surface area (Å²) in [5.41, 5.74) is 3.04. The minimum Gasteiger partial charge on any atom is -0.453 e. The Hall–Kier alpha value is -2.28. The van der Waals surface area contributed by atoms with E-state index in [1.54, 1.807) is 4.90 Å². The molecule has 31 heavy (non-hydrogen) atoms. The van der Waals surface area contributed by atoms with Crippen molar-refractivity contribution in [3.8, 4) is 0 Å². The molecule has 176 valence electrons. The SMILES string of the molecule is CC.CC.COC(=O)N1CCC(C)(N2CCC(n3c(=O)[nH]c4ccc(C)cc43)CC2)C1.[HH]. The van der Waals surface area contributed by atoms with Crippen molar-refractivity contribution in [2.45, 2.75) is 72.4 Å². The minimum absolute atomic E-state index is 0. The molecule has 2 saturated heterocycles. The molecule has 1 aromatic carbocycles. The van der Waals surface area contributed by atoms with Gasteiger partial charge in [0.05, 0.1) is 18.1 Å². The first-order chi connectivity index (χ1) is 14.9. The number of imidazole rings is 1. The summed E-state index contributed by atoms with van der Waals surface area (Å²) >= 11 is 0. The normalized spacial score (nSPS) is 21.8. The Balaban J connectivity index is 0.000000971. The number of carbonyl (C=O) groups excluding carboxylic acids is 1. The second-order valence-corrected chi connectivity index (χ2v) is 8.18. The molecule has 3 heterocycles. The fourth-order valence-corrected chi connectivity index (χ4v) is 4.75. The average Bonchev–Trinajstić information content (AvgIpc) is 3.36. The van der Waals surface area contributed by atoms with Gasteiger partial charge < -0.3 is 14.6 Å². The Morgan fingerprint density at radius 2 is 1.81 bits per heavy atom. The van der Waals surface area contributed by atoms with E-state index in [0.29, 0.717) is 6.54 Å². The number of aryl methyl sites for hydroxylation is 1. The van der Waals surface area contributed by atoms with Crippen molar-refractivity contribution in [2.24, 2.45) is 0 Å². The summed E-state index contributed by atoms with van der Waals surface area (Å²) in [5, 5.41) is 0. The van der Waals surface area contributed by atoms with E-state index in [2.05, 4.69) is 29.8 Å². The smallest absolute Gasteiger partial charge is 0.409 e. The van der Waals surface area contributed by atoms with Crippen LogP contribution in [0.3, 0.4) is 0 Å². The molecule has 1 atom stereocenters. The molecule has 2 fully saturated rings. The lowest BCUT2D eigenvalue weighted by Gasteiger charge is -2.43. The van der Waals surface area contributed by atoms with Gasteiger partial charge in [-0.15, -0.1) is 0 Å².